The van der Waals surface area contributed by atoms with Gasteiger partial charge in [0.15, 0.2) is 5.82 Å². The zero-order valence-electron chi connectivity index (χ0n) is 16.7. The van der Waals surface area contributed by atoms with Crippen LogP contribution in [0.5, 0.6) is 17.5 Å². The minimum atomic E-state index is -0.291. The maximum atomic E-state index is 10.4. The zero-order valence-corrected chi connectivity index (χ0v) is 16.7. The van der Waals surface area contributed by atoms with Crippen molar-refractivity contribution < 1.29 is 15.3 Å². The van der Waals surface area contributed by atoms with Gasteiger partial charge < -0.3 is 15.3 Å². The minimum absolute atomic E-state index is 0.0143. The molecule has 0 spiro atoms. The highest BCUT2D eigenvalue weighted by Gasteiger charge is 2.20. The zero-order chi connectivity index (χ0) is 21.3. The Balaban J connectivity index is 1.72. The number of nitrogens with zero attached hydrogens (tertiary/aromatic N) is 4. The van der Waals surface area contributed by atoms with Gasteiger partial charge in [-0.2, -0.15) is 0 Å². The highest BCUT2D eigenvalue weighted by molar-refractivity contribution is 5.69. The van der Waals surface area contributed by atoms with Crippen LogP contribution in [0.1, 0.15) is 36.6 Å². The Morgan fingerprint density at radius 3 is 2.33 bits per heavy atom. The van der Waals surface area contributed by atoms with Gasteiger partial charge in [-0.1, -0.05) is 37.1 Å². The summed E-state index contributed by atoms with van der Waals surface area (Å²) >= 11 is 0. The smallest absolute Gasteiger partial charge is 0.319 e. The van der Waals surface area contributed by atoms with Gasteiger partial charge in [-0.15, -0.1) is 5.10 Å². The van der Waals surface area contributed by atoms with Crippen molar-refractivity contribution in [2.75, 3.05) is 0 Å². The van der Waals surface area contributed by atoms with E-state index < -0.39 is 0 Å². The summed E-state index contributed by atoms with van der Waals surface area (Å²) in [5.41, 5.74) is 3.73. The van der Waals surface area contributed by atoms with Crippen molar-refractivity contribution in [3.8, 4) is 34.6 Å². The minimum Gasteiger partial charge on any atom is -0.508 e. The first-order chi connectivity index (χ1) is 14.4. The average Bonchev–Trinajstić information content (AvgIpc) is 3.10. The number of pyridine rings is 1. The number of hydrogen-bond acceptors (Lipinski definition) is 6. The molecule has 152 valence electrons. The summed E-state index contributed by atoms with van der Waals surface area (Å²) < 4.78 is 1.46. The Kier molecular flexibility index (Phi) is 5.10. The van der Waals surface area contributed by atoms with Gasteiger partial charge >= 0.3 is 6.01 Å². The highest BCUT2D eigenvalue weighted by Crippen LogP contribution is 2.38. The summed E-state index contributed by atoms with van der Waals surface area (Å²) in [6, 6.07) is 16.1. The number of benzene rings is 2. The molecule has 30 heavy (non-hydrogen) atoms. The van der Waals surface area contributed by atoms with Crippen molar-refractivity contribution >= 4 is 0 Å². The molecule has 3 N–H and O–H groups in total. The lowest BCUT2D eigenvalue weighted by atomic mass is 9.98. The molecule has 2 heterocycles. The van der Waals surface area contributed by atoms with E-state index in [1.165, 1.54) is 10.6 Å². The summed E-state index contributed by atoms with van der Waals surface area (Å²) in [7, 11) is 0. The van der Waals surface area contributed by atoms with Crippen molar-refractivity contribution in [3.05, 3.63) is 77.6 Å². The largest absolute Gasteiger partial charge is 0.508 e. The fraction of sp³-hybridized carbons (Fsp3) is 0.174. The molecule has 0 saturated heterocycles. The van der Waals surface area contributed by atoms with E-state index in [-0.39, 0.29) is 29.3 Å². The first-order valence-electron chi connectivity index (χ1n) is 9.64. The van der Waals surface area contributed by atoms with E-state index in [0.29, 0.717) is 23.2 Å². The molecule has 0 amide bonds. The second kappa shape index (κ2) is 7.87. The topological polar surface area (TPSA) is 104 Å². The molecular weight excluding hydrogens is 380 g/mol. The molecular formula is C23H22N4O3. The van der Waals surface area contributed by atoms with E-state index in [0.717, 1.165) is 11.3 Å². The SMILES string of the molecule is CC(C)c1cc(-c2nnc(O)n2-c2ccc(Cc3ccccn3)cc2)c(O)cc1O. The molecule has 0 aliphatic carbocycles. The van der Waals surface area contributed by atoms with Crippen LogP contribution in [0.25, 0.3) is 17.1 Å². The third-order valence-corrected chi connectivity index (χ3v) is 4.96. The van der Waals surface area contributed by atoms with Crippen molar-refractivity contribution in [3.63, 3.8) is 0 Å². The normalized spacial score (nSPS) is 11.2. The molecule has 0 atom stereocenters. The lowest BCUT2D eigenvalue weighted by molar-refractivity contribution is 0.420. The molecule has 0 unspecified atom stereocenters. The van der Waals surface area contributed by atoms with E-state index in [1.807, 2.05) is 56.3 Å². The highest BCUT2D eigenvalue weighted by atomic mass is 16.3. The van der Waals surface area contributed by atoms with Crippen LogP contribution in [0.2, 0.25) is 0 Å². The summed E-state index contributed by atoms with van der Waals surface area (Å²) in [6.45, 7) is 3.89. The van der Waals surface area contributed by atoms with Gasteiger partial charge in [-0.25, -0.2) is 4.57 Å². The van der Waals surface area contributed by atoms with Crippen LogP contribution >= 0.6 is 0 Å². The Hall–Kier alpha value is -3.87. The Labute approximate surface area is 173 Å². The molecule has 4 rings (SSSR count). The molecule has 7 heteroatoms. The quantitative estimate of drug-likeness (QED) is 0.463. The van der Waals surface area contributed by atoms with E-state index in [2.05, 4.69) is 15.2 Å². The Morgan fingerprint density at radius 2 is 1.67 bits per heavy atom. The van der Waals surface area contributed by atoms with Crippen molar-refractivity contribution in [1.82, 2.24) is 19.7 Å². The molecule has 0 bridgehead atoms. The monoisotopic (exact) mass is 402 g/mol. The van der Waals surface area contributed by atoms with Crippen LogP contribution < -0.4 is 0 Å². The molecule has 0 fully saturated rings. The van der Waals surface area contributed by atoms with Gasteiger partial charge in [0.1, 0.15) is 11.5 Å². The van der Waals surface area contributed by atoms with Crippen LogP contribution in [-0.4, -0.2) is 35.1 Å². The fourth-order valence-corrected chi connectivity index (χ4v) is 3.40. The molecule has 2 aromatic carbocycles. The molecule has 0 radical (unpaired) electrons. The second-order valence-corrected chi connectivity index (χ2v) is 7.41. The maximum absolute atomic E-state index is 10.4. The van der Waals surface area contributed by atoms with Crippen LogP contribution in [0.3, 0.4) is 0 Å². The van der Waals surface area contributed by atoms with E-state index in [1.54, 1.807) is 12.3 Å². The van der Waals surface area contributed by atoms with Gasteiger partial charge in [-0.3, -0.25) is 4.98 Å². The van der Waals surface area contributed by atoms with Gasteiger partial charge in [-0.05, 0) is 47.4 Å². The molecule has 0 saturated carbocycles. The molecule has 2 aromatic heterocycles. The van der Waals surface area contributed by atoms with E-state index in [9.17, 15) is 15.3 Å². The van der Waals surface area contributed by atoms with Gasteiger partial charge in [0.05, 0.1) is 11.3 Å². The lowest BCUT2D eigenvalue weighted by Crippen LogP contribution is -2.00. The molecule has 4 aromatic rings. The van der Waals surface area contributed by atoms with Crippen LogP contribution in [0.15, 0.2) is 60.8 Å². The van der Waals surface area contributed by atoms with Crippen molar-refractivity contribution in [1.29, 1.82) is 0 Å². The first kappa shape index (κ1) is 19.4. The molecule has 0 aliphatic heterocycles. The van der Waals surface area contributed by atoms with Crippen LogP contribution in [0, 0.1) is 0 Å². The van der Waals surface area contributed by atoms with Crippen LogP contribution in [-0.2, 0) is 6.42 Å². The van der Waals surface area contributed by atoms with Gasteiger partial charge in [0.25, 0.3) is 0 Å². The number of phenols is 2. The standard InChI is InChI=1S/C23H22N4O3/c1-14(2)18-12-19(21(29)13-20(18)28)22-25-26-23(30)27(22)17-8-6-15(7-9-17)11-16-5-3-4-10-24-16/h3-10,12-14,28-29H,11H2,1-2H3,(H,26,30). The predicted molar refractivity (Wildman–Crippen MR) is 113 cm³/mol. The average molecular weight is 402 g/mol. The number of rotatable bonds is 5. The summed E-state index contributed by atoms with van der Waals surface area (Å²) in [5, 5.41) is 38.7. The second-order valence-electron chi connectivity index (χ2n) is 7.41. The Bertz CT molecular complexity index is 1170. The summed E-state index contributed by atoms with van der Waals surface area (Å²) in [4.78, 5) is 4.34. The van der Waals surface area contributed by atoms with Gasteiger partial charge in [0.2, 0.25) is 0 Å². The van der Waals surface area contributed by atoms with Crippen LogP contribution in [0.4, 0.5) is 0 Å². The van der Waals surface area contributed by atoms with E-state index >= 15 is 0 Å². The number of phenolic OH excluding ortho intramolecular Hbond substituents is 2. The van der Waals surface area contributed by atoms with Crippen molar-refractivity contribution in [2.45, 2.75) is 26.2 Å². The van der Waals surface area contributed by atoms with Gasteiger partial charge in [0, 0.05) is 24.4 Å². The fourth-order valence-electron chi connectivity index (χ4n) is 3.40. The third kappa shape index (κ3) is 3.69. The first-order valence-corrected chi connectivity index (χ1v) is 9.64. The van der Waals surface area contributed by atoms with E-state index in [4.69, 9.17) is 0 Å². The summed E-state index contributed by atoms with van der Waals surface area (Å²) in [6.07, 6.45) is 2.46. The maximum Gasteiger partial charge on any atom is 0.319 e. The number of aromatic nitrogens is 4. The Morgan fingerprint density at radius 1 is 0.900 bits per heavy atom. The van der Waals surface area contributed by atoms with Crippen molar-refractivity contribution in [2.24, 2.45) is 0 Å². The number of hydrogen-bond donors (Lipinski definition) is 3. The lowest BCUT2D eigenvalue weighted by Gasteiger charge is -2.14. The molecule has 0 aliphatic rings. The predicted octanol–water partition coefficient (Wildman–Crippen LogP) is 4.16. The third-order valence-electron chi connectivity index (χ3n) is 4.96. The molecule has 7 nitrogen and oxygen atoms in total. The number of aromatic hydroxyl groups is 3. The summed E-state index contributed by atoms with van der Waals surface area (Å²) in [5.74, 6) is 0.197.